The molecule has 0 aliphatic carbocycles. The average Bonchev–Trinajstić information content (AvgIpc) is 2.06. The molecule has 0 spiro atoms. The lowest BCUT2D eigenvalue weighted by molar-refractivity contribution is -0.135. The Morgan fingerprint density at radius 1 is 1.50 bits per heavy atom. The normalized spacial score (nSPS) is 15.9. The standard InChI is InChI=1S/C9H17N3O2/c1-3-12(8-4-10-5-8)9(14)6-11-7(2)13/h8,10H,3-6H2,1-2H3,(H,11,13). The molecule has 0 atom stereocenters. The van der Waals surface area contributed by atoms with Crippen LogP contribution in [-0.2, 0) is 9.59 Å². The first-order valence-corrected chi connectivity index (χ1v) is 4.89. The van der Waals surface area contributed by atoms with Gasteiger partial charge in [-0.1, -0.05) is 0 Å². The molecule has 2 amide bonds. The summed E-state index contributed by atoms with van der Waals surface area (Å²) in [6.45, 7) is 5.89. The molecule has 0 radical (unpaired) electrons. The number of amides is 2. The largest absolute Gasteiger partial charge is 0.347 e. The first-order chi connectivity index (χ1) is 6.65. The summed E-state index contributed by atoms with van der Waals surface area (Å²) in [6.07, 6.45) is 0. The molecule has 0 saturated carbocycles. The number of carbonyl (C=O) groups is 2. The molecule has 1 aliphatic rings. The quantitative estimate of drug-likeness (QED) is 0.607. The van der Waals surface area contributed by atoms with Crippen LogP contribution in [0.3, 0.4) is 0 Å². The van der Waals surface area contributed by atoms with Gasteiger partial charge in [-0.25, -0.2) is 0 Å². The van der Waals surface area contributed by atoms with E-state index < -0.39 is 0 Å². The Labute approximate surface area is 83.8 Å². The summed E-state index contributed by atoms with van der Waals surface area (Å²) in [5.74, 6) is -0.171. The second-order valence-corrected chi connectivity index (χ2v) is 3.40. The lowest BCUT2D eigenvalue weighted by atomic mass is 10.1. The number of nitrogens with zero attached hydrogens (tertiary/aromatic N) is 1. The average molecular weight is 199 g/mol. The Morgan fingerprint density at radius 3 is 2.50 bits per heavy atom. The lowest BCUT2D eigenvalue weighted by Gasteiger charge is -2.37. The molecule has 0 aromatic carbocycles. The van der Waals surface area contributed by atoms with Crippen molar-refractivity contribution in [2.24, 2.45) is 0 Å². The van der Waals surface area contributed by atoms with E-state index in [0.717, 1.165) is 13.1 Å². The minimum Gasteiger partial charge on any atom is -0.347 e. The van der Waals surface area contributed by atoms with E-state index in [-0.39, 0.29) is 18.4 Å². The second kappa shape index (κ2) is 4.95. The molecule has 1 heterocycles. The number of carbonyl (C=O) groups excluding carboxylic acids is 2. The molecule has 0 aromatic rings. The van der Waals surface area contributed by atoms with Crippen molar-refractivity contribution in [1.29, 1.82) is 0 Å². The minimum atomic E-state index is -0.166. The van der Waals surface area contributed by atoms with Crippen LogP contribution in [0.15, 0.2) is 0 Å². The zero-order valence-corrected chi connectivity index (χ0v) is 8.67. The van der Waals surface area contributed by atoms with E-state index in [9.17, 15) is 9.59 Å². The summed E-state index contributed by atoms with van der Waals surface area (Å²) in [5.41, 5.74) is 0. The van der Waals surface area contributed by atoms with E-state index in [1.807, 2.05) is 6.92 Å². The van der Waals surface area contributed by atoms with E-state index in [4.69, 9.17) is 0 Å². The first kappa shape index (κ1) is 11.0. The van der Waals surface area contributed by atoms with Crippen LogP contribution in [0, 0.1) is 0 Å². The summed E-state index contributed by atoms with van der Waals surface area (Å²) in [4.78, 5) is 24.0. The van der Waals surface area contributed by atoms with Gasteiger partial charge in [-0.3, -0.25) is 9.59 Å². The molecule has 80 valence electrons. The molecule has 0 unspecified atom stereocenters. The molecular weight excluding hydrogens is 182 g/mol. The molecule has 0 aromatic heterocycles. The van der Waals surface area contributed by atoms with E-state index >= 15 is 0 Å². The summed E-state index contributed by atoms with van der Waals surface area (Å²) in [6, 6.07) is 0.307. The highest BCUT2D eigenvalue weighted by Crippen LogP contribution is 2.04. The van der Waals surface area contributed by atoms with Gasteiger partial charge < -0.3 is 15.5 Å². The third kappa shape index (κ3) is 2.70. The molecule has 1 rings (SSSR count). The van der Waals surface area contributed by atoms with Crippen LogP contribution >= 0.6 is 0 Å². The molecule has 1 fully saturated rings. The number of hydrogen-bond donors (Lipinski definition) is 2. The van der Waals surface area contributed by atoms with Crippen molar-refractivity contribution in [3.05, 3.63) is 0 Å². The maximum absolute atomic E-state index is 11.6. The monoisotopic (exact) mass is 199 g/mol. The van der Waals surface area contributed by atoms with E-state index in [1.165, 1.54) is 6.92 Å². The van der Waals surface area contributed by atoms with Crippen LogP contribution in [0.25, 0.3) is 0 Å². The number of rotatable bonds is 4. The third-order valence-electron chi connectivity index (χ3n) is 2.35. The Kier molecular flexibility index (Phi) is 3.88. The molecule has 1 saturated heterocycles. The molecule has 2 N–H and O–H groups in total. The predicted molar refractivity (Wildman–Crippen MR) is 52.7 cm³/mol. The zero-order chi connectivity index (χ0) is 10.6. The predicted octanol–water partition coefficient (Wildman–Crippen LogP) is -1.06. The van der Waals surface area contributed by atoms with Gasteiger partial charge in [-0.05, 0) is 6.92 Å². The first-order valence-electron chi connectivity index (χ1n) is 4.89. The van der Waals surface area contributed by atoms with Crippen molar-refractivity contribution in [2.45, 2.75) is 19.9 Å². The summed E-state index contributed by atoms with van der Waals surface area (Å²) < 4.78 is 0. The fourth-order valence-corrected chi connectivity index (χ4v) is 1.43. The van der Waals surface area contributed by atoms with E-state index in [2.05, 4.69) is 10.6 Å². The van der Waals surface area contributed by atoms with Crippen LogP contribution in [0.2, 0.25) is 0 Å². The molecule has 14 heavy (non-hydrogen) atoms. The fourth-order valence-electron chi connectivity index (χ4n) is 1.43. The maximum atomic E-state index is 11.6. The molecule has 1 aliphatic heterocycles. The summed E-state index contributed by atoms with van der Waals surface area (Å²) in [7, 11) is 0. The highest BCUT2D eigenvalue weighted by atomic mass is 16.2. The van der Waals surface area contributed by atoms with Crippen LogP contribution in [-0.4, -0.2) is 48.9 Å². The lowest BCUT2D eigenvalue weighted by Crippen LogP contribution is -2.60. The smallest absolute Gasteiger partial charge is 0.242 e. The third-order valence-corrected chi connectivity index (χ3v) is 2.35. The fraction of sp³-hybridized carbons (Fsp3) is 0.778. The van der Waals surface area contributed by atoms with Crippen LogP contribution in [0.4, 0.5) is 0 Å². The summed E-state index contributed by atoms with van der Waals surface area (Å²) in [5, 5.41) is 5.63. The van der Waals surface area contributed by atoms with Crippen molar-refractivity contribution < 1.29 is 9.59 Å². The van der Waals surface area contributed by atoms with Gasteiger partial charge in [0.15, 0.2) is 0 Å². The van der Waals surface area contributed by atoms with Crippen molar-refractivity contribution in [1.82, 2.24) is 15.5 Å². The minimum absolute atomic E-state index is 0.00537. The zero-order valence-electron chi connectivity index (χ0n) is 8.67. The second-order valence-electron chi connectivity index (χ2n) is 3.40. The van der Waals surface area contributed by atoms with E-state index in [1.54, 1.807) is 4.90 Å². The maximum Gasteiger partial charge on any atom is 0.242 e. The Bertz CT molecular complexity index is 226. The van der Waals surface area contributed by atoms with Gasteiger partial charge >= 0.3 is 0 Å². The highest BCUT2D eigenvalue weighted by molar-refractivity contribution is 5.83. The van der Waals surface area contributed by atoms with Gasteiger partial charge in [0.05, 0.1) is 12.6 Å². The number of hydrogen-bond acceptors (Lipinski definition) is 3. The van der Waals surface area contributed by atoms with Gasteiger partial charge in [0.2, 0.25) is 11.8 Å². The molecule has 5 heteroatoms. The SMILES string of the molecule is CCN(C(=O)CNC(C)=O)C1CNC1. The van der Waals surface area contributed by atoms with Gasteiger partial charge in [-0.15, -0.1) is 0 Å². The topological polar surface area (TPSA) is 61.4 Å². The van der Waals surface area contributed by atoms with E-state index in [0.29, 0.717) is 12.6 Å². The number of likely N-dealkylation sites (N-methyl/N-ethyl adjacent to an activating group) is 1. The number of nitrogens with one attached hydrogen (secondary N) is 2. The Balaban J connectivity index is 2.35. The molecule has 0 bridgehead atoms. The Hall–Kier alpha value is -1.10. The van der Waals surface area contributed by atoms with Gasteiger partial charge in [0.1, 0.15) is 0 Å². The van der Waals surface area contributed by atoms with Crippen molar-refractivity contribution in [3.8, 4) is 0 Å². The van der Waals surface area contributed by atoms with Crippen molar-refractivity contribution >= 4 is 11.8 Å². The van der Waals surface area contributed by atoms with Gasteiger partial charge in [0.25, 0.3) is 0 Å². The van der Waals surface area contributed by atoms with Crippen molar-refractivity contribution in [3.63, 3.8) is 0 Å². The highest BCUT2D eigenvalue weighted by Gasteiger charge is 2.26. The summed E-state index contributed by atoms with van der Waals surface area (Å²) >= 11 is 0. The van der Waals surface area contributed by atoms with Gasteiger partial charge in [-0.2, -0.15) is 0 Å². The van der Waals surface area contributed by atoms with Crippen LogP contribution in [0.1, 0.15) is 13.8 Å². The van der Waals surface area contributed by atoms with Crippen LogP contribution in [0.5, 0.6) is 0 Å². The molecule has 5 nitrogen and oxygen atoms in total. The van der Waals surface area contributed by atoms with Crippen LogP contribution < -0.4 is 10.6 Å². The molecular formula is C9H17N3O2. The van der Waals surface area contributed by atoms with Crippen molar-refractivity contribution in [2.75, 3.05) is 26.2 Å². The Morgan fingerprint density at radius 2 is 2.14 bits per heavy atom. The van der Waals surface area contributed by atoms with Gasteiger partial charge in [0, 0.05) is 26.6 Å².